The number of rotatable bonds is 5. The second kappa shape index (κ2) is 7.80. The molecule has 27 heavy (non-hydrogen) atoms. The molecule has 1 aromatic carbocycles. The molecule has 1 aliphatic heterocycles. The number of nitrogens with zero attached hydrogens (tertiary/aromatic N) is 3. The Balaban J connectivity index is 1.39. The van der Waals surface area contributed by atoms with Crippen molar-refractivity contribution in [3.05, 3.63) is 52.2 Å². The third kappa shape index (κ3) is 4.05. The van der Waals surface area contributed by atoms with E-state index in [1.54, 1.807) is 11.3 Å². The van der Waals surface area contributed by atoms with Gasteiger partial charge >= 0.3 is 0 Å². The van der Waals surface area contributed by atoms with Crippen LogP contribution in [0.15, 0.2) is 46.5 Å². The second-order valence-corrected chi connectivity index (χ2v) is 8.54. The van der Waals surface area contributed by atoms with Crippen LogP contribution in [0.4, 0.5) is 11.4 Å². The maximum Gasteiger partial charge on any atom is 0.275 e. The van der Waals surface area contributed by atoms with Gasteiger partial charge in [0.1, 0.15) is 10.7 Å². The van der Waals surface area contributed by atoms with Crippen LogP contribution in [-0.2, 0) is 0 Å². The van der Waals surface area contributed by atoms with Gasteiger partial charge in [0.05, 0.1) is 0 Å². The number of likely N-dealkylation sites (N-methyl/N-ethyl adjacent to an activating group) is 1. The molecule has 0 spiro atoms. The minimum Gasteiger partial charge on any atom is -0.370 e. The first-order valence-corrected chi connectivity index (χ1v) is 10.7. The first-order valence-electron chi connectivity index (χ1n) is 8.91. The van der Waals surface area contributed by atoms with Crippen molar-refractivity contribution in [2.24, 2.45) is 0 Å². The van der Waals surface area contributed by atoms with Gasteiger partial charge in [0.2, 0.25) is 0 Å². The SMILES string of the molecule is CN(C)C1CCN(c2ccc(NC(=O)c3csc(-c4ccsc4)n3)cc2)C1. The number of amides is 1. The lowest BCUT2D eigenvalue weighted by Crippen LogP contribution is -2.31. The minimum atomic E-state index is -0.172. The molecule has 1 fully saturated rings. The summed E-state index contributed by atoms with van der Waals surface area (Å²) in [6.45, 7) is 2.11. The third-order valence-corrected chi connectivity index (χ3v) is 6.46. The van der Waals surface area contributed by atoms with Gasteiger partial charge in [-0.1, -0.05) is 0 Å². The topological polar surface area (TPSA) is 48.5 Å². The average molecular weight is 399 g/mol. The number of carbonyl (C=O) groups excluding carboxylic acids is 1. The van der Waals surface area contributed by atoms with Crippen molar-refractivity contribution in [2.45, 2.75) is 12.5 Å². The molecule has 2 aromatic heterocycles. The number of benzene rings is 1. The summed E-state index contributed by atoms with van der Waals surface area (Å²) in [7, 11) is 4.27. The van der Waals surface area contributed by atoms with E-state index in [4.69, 9.17) is 0 Å². The van der Waals surface area contributed by atoms with E-state index in [0.29, 0.717) is 11.7 Å². The van der Waals surface area contributed by atoms with Gasteiger partial charge in [-0.2, -0.15) is 11.3 Å². The van der Waals surface area contributed by atoms with Crippen molar-refractivity contribution in [3.63, 3.8) is 0 Å². The van der Waals surface area contributed by atoms with Gasteiger partial charge in [-0.05, 0) is 56.2 Å². The Morgan fingerprint density at radius 3 is 2.70 bits per heavy atom. The molecular weight excluding hydrogens is 376 g/mol. The highest BCUT2D eigenvalue weighted by Gasteiger charge is 2.24. The molecule has 0 saturated carbocycles. The number of hydrogen-bond acceptors (Lipinski definition) is 6. The molecule has 0 bridgehead atoms. The molecule has 140 valence electrons. The Morgan fingerprint density at radius 1 is 1.22 bits per heavy atom. The van der Waals surface area contributed by atoms with Crippen molar-refractivity contribution in [1.29, 1.82) is 0 Å². The average Bonchev–Trinajstić information content (AvgIpc) is 3.42. The highest BCUT2D eigenvalue weighted by atomic mass is 32.1. The number of anilines is 2. The minimum absolute atomic E-state index is 0.172. The highest BCUT2D eigenvalue weighted by Crippen LogP contribution is 2.27. The van der Waals surface area contributed by atoms with Gasteiger partial charge in [-0.15, -0.1) is 11.3 Å². The summed E-state index contributed by atoms with van der Waals surface area (Å²) < 4.78 is 0. The number of carbonyl (C=O) groups is 1. The van der Waals surface area contributed by atoms with Crippen LogP contribution in [0.5, 0.6) is 0 Å². The summed E-state index contributed by atoms with van der Waals surface area (Å²) in [5.41, 5.74) is 3.51. The Morgan fingerprint density at radius 2 is 2.04 bits per heavy atom. The molecule has 0 radical (unpaired) electrons. The molecule has 1 aliphatic rings. The summed E-state index contributed by atoms with van der Waals surface area (Å²) in [6.07, 6.45) is 1.18. The van der Waals surface area contributed by atoms with E-state index in [-0.39, 0.29) is 5.91 Å². The van der Waals surface area contributed by atoms with E-state index in [1.807, 2.05) is 34.3 Å². The lowest BCUT2D eigenvalue weighted by molar-refractivity contribution is 0.102. The number of thiazole rings is 1. The Kier molecular flexibility index (Phi) is 5.24. The maximum absolute atomic E-state index is 12.5. The molecule has 5 nitrogen and oxygen atoms in total. The van der Waals surface area contributed by atoms with E-state index in [9.17, 15) is 4.79 Å². The normalized spacial score (nSPS) is 16.9. The number of hydrogen-bond donors (Lipinski definition) is 1. The van der Waals surface area contributed by atoms with Crippen LogP contribution in [0.3, 0.4) is 0 Å². The van der Waals surface area contributed by atoms with Crippen LogP contribution in [0.25, 0.3) is 10.6 Å². The summed E-state index contributed by atoms with van der Waals surface area (Å²) in [6, 6.07) is 10.7. The number of nitrogens with one attached hydrogen (secondary N) is 1. The van der Waals surface area contributed by atoms with Gasteiger partial charge < -0.3 is 15.1 Å². The zero-order valence-corrected chi connectivity index (χ0v) is 17.0. The van der Waals surface area contributed by atoms with E-state index in [2.05, 4.69) is 46.3 Å². The molecule has 1 amide bonds. The zero-order valence-electron chi connectivity index (χ0n) is 15.4. The first kappa shape index (κ1) is 18.2. The summed E-state index contributed by atoms with van der Waals surface area (Å²) >= 11 is 3.12. The van der Waals surface area contributed by atoms with Gasteiger partial charge in [0.25, 0.3) is 5.91 Å². The van der Waals surface area contributed by atoms with Crippen molar-refractivity contribution >= 4 is 40.0 Å². The molecule has 4 rings (SSSR count). The van der Waals surface area contributed by atoms with Gasteiger partial charge in [-0.25, -0.2) is 4.98 Å². The lowest BCUT2D eigenvalue weighted by atomic mass is 10.2. The lowest BCUT2D eigenvalue weighted by Gasteiger charge is -2.22. The summed E-state index contributed by atoms with van der Waals surface area (Å²) in [4.78, 5) is 21.6. The van der Waals surface area contributed by atoms with Crippen molar-refractivity contribution in [2.75, 3.05) is 37.4 Å². The fraction of sp³-hybridized carbons (Fsp3) is 0.300. The quantitative estimate of drug-likeness (QED) is 0.697. The second-order valence-electron chi connectivity index (χ2n) is 6.90. The molecule has 1 saturated heterocycles. The van der Waals surface area contributed by atoms with Crippen molar-refractivity contribution in [3.8, 4) is 10.6 Å². The van der Waals surface area contributed by atoms with Gasteiger partial charge in [-0.3, -0.25) is 4.79 Å². The molecule has 3 heterocycles. The molecule has 0 aliphatic carbocycles. The van der Waals surface area contributed by atoms with E-state index in [0.717, 1.165) is 29.3 Å². The fourth-order valence-corrected chi connectivity index (χ4v) is 4.76. The Labute approximate surface area is 167 Å². The number of aromatic nitrogens is 1. The molecule has 7 heteroatoms. The maximum atomic E-state index is 12.5. The molecule has 3 aromatic rings. The van der Waals surface area contributed by atoms with Crippen LogP contribution in [0.2, 0.25) is 0 Å². The molecule has 1 N–H and O–H groups in total. The molecule has 1 atom stereocenters. The standard InChI is InChI=1S/C20H22N4OS2/c1-23(2)17-7-9-24(11-17)16-5-3-15(4-6-16)21-19(25)18-13-27-20(22-18)14-8-10-26-12-14/h3-6,8,10,12-13,17H,7,9,11H2,1-2H3,(H,21,25). The summed E-state index contributed by atoms with van der Waals surface area (Å²) in [5.74, 6) is -0.172. The third-order valence-electron chi connectivity index (χ3n) is 4.89. The summed E-state index contributed by atoms with van der Waals surface area (Å²) in [5, 5.41) is 9.68. The van der Waals surface area contributed by atoms with Gasteiger partial charge in [0.15, 0.2) is 0 Å². The van der Waals surface area contributed by atoms with E-state index in [1.165, 1.54) is 23.4 Å². The van der Waals surface area contributed by atoms with Crippen LogP contribution >= 0.6 is 22.7 Å². The van der Waals surface area contributed by atoms with Crippen molar-refractivity contribution < 1.29 is 4.79 Å². The Bertz CT molecular complexity index is 902. The van der Waals surface area contributed by atoms with Crippen LogP contribution < -0.4 is 10.2 Å². The van der Waals surface area contributed by atoms with E-state index < -0.39 is 0 Å². The van der Waals surface area contributed by atoms with E-state index >= 15 is 0 Å². The van der Waals surface area contributed by atoms with Crippen molar-refractivity contribution in [1.82, 2.24) is 9.88 Å². The predicted molar refractivity (Wildman–Crippen MR) is 114 cm³/mol. The smallest absolute Gasteiger partial charge is 0.275 e. The van der Waals surface area contributed by atoms with Crippen LogP contribution in [0, 0.1) is 0 Å². The molecule has 1 unspecified atom stereocenters. The fourth-order valence-electron chi connectivity index (χ4n) is 3.25. The largest absolute Gasteiger partial charge is 0.370 e. The van der Waals surface area contributed by atoms with Crippen LogP contribution in [-0.4, -0.2) is 49.0 Å². The highest BCUT2D eigenvalue weighted by molar-refractivity contribution is 7.14. The predicted octanol–water partition coefficient (Wildman–Crippen LogP) is 4.26. The monoisotopic (exact) mass is 398 g/mol. The zero-order chi connectivity index (χ0) is 18.8. The van der Waals surface area contributed by atoms with Gasteiger partial charge in [0, 0.05) is 46.8 Å². The van der Waals surface area contributed by atoms with Crippen LogP contribution in [0.1, 0.15) is 16.9 Å². The Hall–Kier alpha value is -2.22. The number of thiophene rings is 1. The molecular formula is C20H22N4OS2. The first-order chi connectivity index (χ1) is 13.1.